The minimum absolute atomic E-state index is 0.0481. The van der Waals surface area contributed by atoms with Gasteiger partial charge in [-0.25, -0.2) is 13.6 Å². The Hall–Kier alpha value is -3.84. The smallest absolute Gasteiger partial charge is 0.434 e. The summed E-state index contributed by atoms with van der Waals surface area (Å²) in [5.74, 6) is -2.98. The Kier molecular flexibility index (Phi) is 7.94. The lowest BCUT2D eigenvalue weighted by Crippen LogP contribution is -2.50. The molecular formula is C24H26F5N5O4. The zero-order valence-electron chi connectivity index (χ0n) is 20.9. The van der Waals surface area contributed by atoms with Crippen molar-refractivity contribution in [1.29, 1.82) is 0 Å². The summed E-state index contributed by atoms with van der Waals surface area (Å²) in [7, 11) is 0. The van der Waals surface area contributed by atoms with Crippen LogP contribution in [0.15, 0.2) is 24.5 Å². The van der Waals surface area contributed by atoms with Crippen molar-refractivity contribution in [3.05, 3.63) is 47.2 Å². The highest BCUT2D eigenvalue weighted by Gasteiger charge is 2.46. The Morgan fingerprint density at radius 3 is 2.39 bits per heavy atom. The first kappa shape index (κ1) is 28.7. The highest BCUT2D eigenvalue weighted by atomic mass is 19.4. The normalized spacial score (nSPS) is 19.8. The molecule has 2 aromatic rings. The molecule has 1 aliphatic rings. The van der Waals surface area contributed by atoms with Gasteiger partial charge in [0.2, 0.25) is 5.91 Å². The quantitative estimate of drug-likeness (QED) is 0.553. The van der Waals surface area contributed by atoms with Gasteiger partial charge in [-0.3, -0.25) is 24.5 Å². The summed E-state index contributed by atoms with van der Waals surface area (Å²) in [5, 5.41) is 2.45. The topological polar surface area (TPSA) is 128 Å². The summed E-state index contributed by atoms with van der Waals surface area (Å²) in [6.07, 6.45) is -6.00. The molecule has 0 bridgehead atoms. The number of nitrogens with one attached hydrogen (secondary N) is 1. The lowest BCUT2D eigenvalue weighted by atomic mass is 10.1. The van der Waals surface area contributed by atoms with Crippen LogP contribution in [0.25, 0.3) is 11.3 Å². The van der Waals surface area contributed by atoms with Gasteiger partial charge in [0.05, 0.1) is 23.5 Å². The van der Waals surface area contributed by atoms with Gasteiger partial charge in [-0.05, 0) is 39.8 Å². The highest BCUT2D eigenvalue weighted by Crippen LogP contribution is 2.32. The molecule has 3 N–H and O–H groups in total. The van der Waals surface area contributed by atoms with Crippen LogP contribution in [0, 0.1) is 5.82 Å². The van der Waals surface area contributed by atoms with Crippen LogP contribution in [0.2, 0.25) is 0 Å². The predicted octanol–water partition coefficient (Wildman–Crippen LogP) is 3.75. The van der Waals surface area contributed by atoms with Gasteiger partial charge in [-0.15, -0.1) is 0 Å². The number of carbonyl (C=O) groups is 3. The largest absolute Gasteiger partial charge is 0.444 e. The van der Waals surface area contributed by atoms with Gasteiger partial charge < -0.3 is 15.8 Å². The number of rotatable bonds is 5. The molecule has 38 heavy (non-hydrogen) atoms. The first-order valence-corrected chi connectivity index (χ1v) is 11.4. The van der Waals surface area contributed by atoms with E-state index in [0.29, 0.717) is 0 Å². The summed E-state index contributed by atoms with van der Waals surface area (Å²) < 4.78 is 73.6. The molecule has 1 aliphatic heterocycles. The fraction of sp³-hybridized carbons (Fsp3) is 0.458. The summed E-state index contributed by atoms with van der Waals surface area (Å²) in [4.78, 5) is 45.1. The van der Waals surface area contributed by atoms with Gasteiger partial charge in [-0.2, -0.15) is 13.2 Å². The molecule has 14 heteroatoms. The molecule has 3 atom stereocenters. The number of alkyl halides is 4. The van der Waals surface area contributed by atoms with Crippen molar-refractivity contribution in [3.63, 3.8) is 0 Å². The lowest BCUT2D eigenvalue weighted by Gasteiger charge is -2.30. The maximum atomic E-state index is 14.5. The summed E-state index contributed by atoms with van der Waals surface area (Å²) in [5.41, 5.74) is 1.59. The Bertz CT molecular complexity index is 1250. The zero-order valence-corrected chi connectivity index (χ0v) is 20.9. The molecule has 0 spiro atoms. The van der Waals surface area contributed by atoms with Crippen molar-refractivity contribution in [2.24, 2.45) is 5.73 Å². The molecule has 9 nitrogen and oxygen atoms in total. The maximum Gasteiger partial charge on any atom is 0.434 e. The number of likely N-dealkylation sites (tertiary alicyclic amines) is 1. The number of hydrogen-bond acceptors (Lipinski definition) is 6. The molecule has 3 heterocycles. The van der Waals surface area contributed by atoms with Crippen LogP contribution in [0.3, 0.4) is 0 Å². The maximum absolute atomic E-state index is 14.5. The standard InChI is InChI=1S/C24H26F5N5O4/c1-11-15(25)7-18(34(11)22(37)38-23(2,3)4)21(36)33-8-12-6-17(31-10-16(12)26)13-5-14(20(30)35)19(32-9-13)24(27,28)29/h5-6,9-11,15,18H,7-8H2,1-4H3,(H2,30,35)(H,33,36). The Balaban J connectivity index is 1.82. The molecule has 0 aliphatic carbocycles. The van der Waals surface area contributed by atoms with Crippen LogP contribution < -0.4 is 11.1 Å². The summed E-state index contributed by atoms with van der Waals surface area (Å²) >= 11 is 0. The fourth-order valence-corrected chi connectivity index (χ4v) is 3.92. The fourth-order valence-electron chi connectivity index (χ4n) is 3.92. The molecule has 3 unspecified atom stereocenters. The van der Waals surface area contributed by atoms with Crippen molar-refractivity contribution >= 4 is 17.9 Å². The Morgan fingerprint density at radius 2 is 1.82 bits per heavy atom. The highest BCUT2D eigenvalue weighted by molar-refractivity contribution is 5.95. The van der Waals surface area contributed by atoms with Crippen LogP contribution in [0.1, 0.15) is 55.7 Å². The Morgan fingerprint density at radius 1 is 1.16 bits per heavy atom. The number of amides is 3. The average Bonchev–Trinajstić information content (AvgIpc) is 3.10. The molecule has 3 rings (SSSR count). The van der Waals surface area contributed by atoms with E-state index in [9.17, 15) is 36.3 Å². The minimum Gasteiger partial charge on any atom is -0.444 e. The van der Waals surface area contributed by atoms with Crippen molar-refractivity contribution in [1.82, 2.24) is 20.2 Å². The number of carbonyl (C=O) groups excluding carboxylic acids is 3. The zero-order chi connectivity index (χ0) is 28.6. The molecular weight excluding hydrogens is 517 g/mol. The van der Waals surface area contributed by atoms with Gasteiger partial charge in [0.15, 0.2) is 5.69 Å². The van der Waals surface area contributed by atoms with Crippen molar-refractivity contribution < 1.29 is 41.1 Å². The third-order valence-corrected chi connectivity index (χ3v) is 5.76. The summed E-state index contributed by atoms with van der Waals surface area (Å²) in [6.45, 7) is 5.89. The molecule has 0 saturated carbocycles. The number of pyridine rings is 2. The van der Waals surface area contributed by atoms with E-state index in [2.05, 4.69) is 15.3 Å². The van der Waals surface area contributed by atoms with Gasteiger partial charge in [0.1, 0.15) is 23.6 Å². The van der Waals surface area contributed by atoms with Crippen LogP contribution in [0.4, 0.5) is 26.7 Å². The number of halogens is 5. The Labute approximate surface area is 214 Å². The van der Waals surface area contributed by atoms with Crippen molar-refractivity contribution in [2.75, 3.05) is 0 Å². The van der Waals surface area contributed by atoms with E-state index in [1.54, 1.807) is 20.8 Å². The second kappa shape index (κ2) is 10.5. The number of hydrogen-bond donors (Lipinski definition) is 2. The number of primary amides is 1. The monoisotopic (exact) mass is 543 g/mol. The van der Waals surface area contributed by atoms with E-state index in [4.69, 9.17) is 10.5 Å². The third kappa shape index (κ3) is 6.34. The number of aromatic nitrogens is 2. The third-order valence-electron chi connectivity index (χ3n) is 5.76. The van der Waals surface area contributed by atoms with E-state index in [-0.39, 0.29) is 23.2 Å². The van der Waals surface area contributed by atoms with Crippen LogP contribution >= 0.6 is 0 Å². The van der Waals surface area contributed by atoms with E-state index >= 15 is 0 Å². The lowest BCUT2D eigenvalue weighted by molar-refractivity contribution is -0.141. The first-order chi connectivity index (χ1) is 17.5. The summed E-state index contributed by atoms with van der Waals surface area (Å²) in [6, 6.07) is -0.167. The molecule has 1 fully saturated rings. The molecule has 206 valence electrons. The van der Waals surface area contributed by atoms with E-state index in [1.165, 1.54) is 6.92 Å². The second-order valence-corrected chi connectivity index (χ2v) is 9.76. The predicted molar refractivity (Wildman–Crippen MR) is 124 cm³/mol. The second-order valence-electron chi connectivity index (χ2n) is 9.76. The molecule has 3 amide bonds. The minimum atomic E-state index is -4.93. The van der Waals surface area contributed by atoms with Gasteiger partial charge in [0, 0.05) is 30.3 Å². The number of nitrogens with zero attached hydrogens (tertiary/aromatic N) is 3. The number of nitrogens with two attached hydrogens (primary N) is 1. The van der Waals surface area contributed by atoms with Gasteiger partial charge in [0.25, 0.3) is 5.91 Å². The van der Waals surface area contributed by atoms with Gasteiger partial charge >= 0.3 is 12.3 Å². The van der Waals surface area contributed by atoms with Crippen molar-refractivity contribution in [2.45, 2.75) is 70.7 Å². The molecule has 2 aromatic heterocycles. The first-order valence-electron chi connectivity index (χ1n) is 11.4. The SMILES string of the molecule is CC1C(F)CC(C(=O)NCc2cc(-c3cnc(C(F)(F)F)c(C(N)=O)c3)ncc2F)N1C(=O)OC(C)(C)C. The van der Waals surface area contributed by atoms with Crippen LogP contribution in [-0.2, 0) is 22.3 Å². The van der Waals surface area contributed by atoms with Crippen LogP contribution in [-0.4, -0.2) is 56.6 Å². The van der Waals surface area contributed by atoms with E-state index in [0.717, 1.165) is 29.4 Å². The van der Waals surface area contributed by atoms with Gasteiger partial charge in [-0.1, -0.05) is 0 Å². The average molecular weight is 543 g/mol. The molecule has 1 saturated heterocycles. The molecule has 0 radical (unpaired) electrons. The van der Waals surface area contributed by atoms with Crippen molar-refractivity contribution in [3.8, 4) is 11.3 Å². The van der Waals surface area contributed by atoms with E-state index < -0.39 is 71.6 Å². The molecule has 0 aromatic carbocycles. The van der Waals surface area contributed by atoms with E-state index in [1.807, 2.05) is 0 Å². The number of ether oxygens (including phenoxy) is 1. The van der Waals surface area contributed by atoms with Crippen LogP contribution in [0.5, 0.6) is 0 Å².